The molecular weight excluding hydrogens is 316 g/mol. The number of ether oxygens (including phenoxy) is 1. The van der Waals surface area contributed by atoms with Crippen molar-refractivity contribution >= 4 is 17.4 Å². The van der Waals surface area contributed by atoms with E-state index in [4.69, 9.17) is 4.74 Å². The van der Waals surface area contributed by atoms with E-state index in [2.05, 4.69) is 10.3 Å². The summed E-state index contributed by atoms with van der Waals surface area (Å²) in [6.07, 6.45) is 3.07. The first-order chi connectivity index (χ1) is 12.2. The molecule has 0 radical (unpaired) electrons. The highest BCUT2D eigenvalue weighted by atomic mass is 16.5. The number of methoxy groups -OCH3 is 1. The second-order valence-corrected chi connectivity index (χ2v) is 5.31. The van der Waals surface area contributed by atoms with E-state index >= 15 is 0 Å². The molecule has 3 rings (SSSR count). The van der Waals surface area contributed by atoms with E-state index in [0.717, 1.165) is 0 Å². The number of carbonyl (C=O) groups is 2. The van der Waals surface area contributed by atoms with Crippen LogP contribution in [0.3, 0.4) is 0 Å². The highest BCUT2D eigenvalue weighted by molar-refractivity contribution is 6.11. The third kappa shape index (κ3) is 3.72. The summed E-state index contributed by atoms with van der Waals surface area (Å²) in [5.74, 6) is 0.0256. The summed E-state index contributed by atoms with van der Waals surface area (Å²) in [6, 6.07) is 17.3. The molecule has 0 saturated carbocycles. The van der Waals surface area contributed by atoms with E-state index in [1.165, 1.54) is 13.3 Å². The molecule has 0 saturated heterocycles. The first-order valence-electron chi connectivity index (χ1n) is 7.68. The van der Waals surface area contributed by atoms with Gasteiger partial charge in [0.05, 0.1) is 18.4 Å². The Morgan fingerprint density at radius 3 is 2.36 bits per heavy atom. The van der Waals surface area contributed by atoms with Gasteiger partial charge in [-0.25, -0.2) is 0 Å². The van der Waals surface area contributed by atoms with E-state index in [1.807, 2.05) is 18.2 Å². The number of anilines is 1. The van der Waals surface area contributed by atoms with Crippen LogP contribution in [0.2, 0.25) is 0 Å². The highest BCUT2D eigenvalue weighted by Crippen LogP contribution is 2.27. The van der Waals surface area contributed by atoms with Crippen LogP contribution in [0.1, 0.15) is 26.3 Å². The lowest BCUT2D eigenvalue weighted by Gasteiger charge is -2.12. The lowest BCUT2D eigenvalue weighted by molar-refractivity contribution is 0.102. The normalized spacial score (nSPS) is 10.1. The van der Waals surface area contributed by atoms with Crippen molar-refractivity contribution in [3.05, 3.63) is 89.7 Å². The second kappa shape index (κ2) is 7.40. The molecule has 0 aliphatic heterocycles. The summed E-state index contributed by atoms with van der Waals surface area (Å²) in [6.45, 7) is 0. The fourth-order valence-electron chi connectivity index (χ4n) is 2.39. The van der Waals surface area contributed by atoms with Crippen LogP contribution in [0, 0.1) is 0 Å². The van der Waals surface area contributed by atoms with Gasteiger partial charge in [-0.15, -0.1) is 0 Å². The van der Waals surface area contributed by atoms with Gasteiger partial charge in [-0.3, -0.25) is 14.6 Å². The van der Waals surface area contributed by atoms with Gasteiger partial charge in [-0.05, 0) is 30.3 Å². The van der Waals surface area contributed by atoms with Crippen molar-refractivity contribution in [1.29, 1.82) is 0 Å². The van der Waals surface area contributed by atoms with Gasteiger partial charge in [0, 0.05) is 23.5 Å². The van der Waals surface area contributed by atoms with Crippen molar-refractivity contribution in [3.8, 4) is 5.75 Å². The number of ketones is 1. The number of amides is 1. The Kier molecular flexibility index (Phi) is 4.85. The lowest BCUT2D eigenvalue weighted by Crippen LogP contribution is -2.13. The van der Waals surface area contributed by atoms with Crippen LogP contribution in [0.4, 0.5) is 5.69 Å². The molecule has 1 heterocycles. The molecule has 5 heteroatoms. The first kappa shape index (κ1) is 16.4. The maximum absolute atomic E-state index is 12.6. The Hall–Kier alpha value is -3.47. The van der Waals surface area contributed by atoms with Gasteiger partial charge in [0.25, 0.3) is 5.91 Å². The van der Waals surface area contributed by atoms with Crippen LogP contribution in [-0.4, -0.2) is 23.8 Å². The molecule has 0 aliphatic rings. The largest absolute Gasteiger partial charge is 0.495 e. The van der Waals surface area contributed by atoms with E-state index in [-0.39, 0.29) is 11.7 Å². The Labute approximate surface area is 145 Å². The van der Waals surface area contributed by atoms with Crippen molar-refractivity contribution in [3.63, 3.8) is 0 Å². The Morgan fingerprint density at radius 2 is 1.68 bits per heavy atom. The molecule has 0 aliphatic carbocycles. The maximum atomic E-state index is 12.6. The zero-order chi connectivity index (χ0) is 17.6. The van der Waals surface area contributed by atoms with Crippen molar-refractivity contribution < 1.29 is 14.3 Å². The van der Waals surface area contributed by atoms with Crippen molar-refractivity contribution in [1.82, 2.24) is 4.98 Å². The smallest absolute Gasteiger partial charge is 0.257 e. The minimum Gasteiger partial charge on any atom is -0.495 e. The van der Waals surface area contributed by atoms with Crippen LogP contribution in [0.15, 0.2) is 73.1 Å². The minimum atomic E-state index is -0.323. The molecule has 1 N–H and O–H groups in total. The third-order valence-electron chi connectivity index (χ3n) is 3.67. The van der Waals surface area contributed by atoms with Gasteiger partial charge in [-0.2, -0.15) is 0 Å². The van der Waals surface area contributed by atoms with Gasteiger partial charge in [0.1, 0.15) is 5.75 Å². The number of nitrogens with one attached hydrogen (secondary N) is 1. The molecule has 5 nitrogen and oxygen atoms in total. The molecule has 1 amide bonds. The fourth-order valence-corrected chi connectivity index (χ4v) is 2.39. The minimum absolute atomic E-state index is 0.125. The van der Waals surface area contributed by atoms with Crippen LogP contribution >= 0.6 is 0 Å². The SMILES string of the molecule is COc1ccc(C(=O)c2ccccc2)cc1NC(=O)c1cccnc1. The van der Waals surface area contributed by atoms with E-state index in [1.54, 1.807) is 48.7 Å². The van der Waals surface area contributed by atoms with Crippen molar-refractivity contribution in [2.75, 3.05) is 12.4 Å². The van der Waals surface area contributed by atoms with Crippen molar-refractivity contribution in [2.24, 2.45) is 0 Å². The number of pyridine rings is 1. The predicted octanol–water partition coefficient (Wildman–Crippen LogP) is 3.57. The Balaban J connectivity index is 1.90. The topological polar surface area (TPSA) is 68.3 Å². The number of nitrogens with zero attached hydrogens (tertiary/aromatic N) is 1. The fraction of sp³-hybridized carbons (Fsp3) is 0.0500. The second-order valence-electron chi connectivity index (χ2n) is 5.31. The molecule has 124 valence electrons. The molecule has 3 aromatic rings. The number of carbonyl (C=O) groups excluding carboxylic acids is 2. The number of hydrogen-bond acceptors (Lipinski definition) is 4. The molecule has 0 bridgehead atoms. The van der Waals surface area contributed by atoms with E-state index in [0.29, 0.717) is 28.1 Å². The first-order valence-corrected chi connectivity index (χ1v) is 7.68. The average Bonchev–Trinajstić information content (AvgIpc) is 2.68. The number of hydrogen-bond donors (Lipinski definition) is 1. The number of aromatic nitrogens is 1. The quantitative estimate of drug-likeness (QED) is 0.725. The zero-order valence-electron chi connectivity index (χ0n) is 13.6. The molecule has 0 unspecified atom stereocenters. The monoisotopic (exact) mass is 332 g/mol. The molecule has 0 fully saturated rings. The predicted molar refractivity (Wildman–Crippen MR) is 95.1 cm³/mol. The summed E-state index contributed by atoms with van der Waals surface area (Å²) in [5.41, 5.74) is 1.90. The van der Waals surface area contributed by atoms with E-state index in [9.17, 15) is 9.59 Å². The Bertz CT molecular complexity index is 893. The van der Waals surface area contributed by atoms with Crippen LogP contribution in [-0.2, 0) is 0 Å². The molecule has 0 spiro atoms. The maximum Gasteiger partial charge on any atom is 0.257 e. The number of rotatable bonds is 5. The van der Waals surface area contributed by atoms with Gasteiger partial charge in [0.2, 0.25) is 0 Å². The molecular formula is C20H16N2O3. The summed E-state index contributed by atoms with van der Waals surface area (Å²) in [4.78, 5) is 28.9. The molecule has 2 aromatic carbocycles. The van der Waals surface area contributed by atoms with Gasteiger partial charge >= 0.3 is 0 Å². The van der Waals surface area contributed by atoms with Gasteiger partial charge < -0.3 is 10.1 Å². The van der Waals surface area contributed by atoms with E-state index < -0.39 is 0 Å². The standard InChI is InChI=1S/C20H16N2O3/c1-25-18-10-9-15(19(23)14-6-3-2-4-7-14)12-17(18)22-20(24)16-8-5-11-21-13-16/h2-13H,1H3,(H,22,24). The Morgan fingerprint density at radius 1 is 0.920 bits per heavy atom. The summed E-state index contributed by atoms with van der Waals surface area (Å²) < 4.78 is 5.28. The summed E-state index contributed by atoms with van der Waals surface area (Å²) in [7, 11) is 1.51. The summed E-state index contributed by atoms with van der Waals surface area (Å²) >= 11 is 0. The lowest BCUT2D eigenvalue weighted by atomic mass is 10.0. The van der Waals surface area contributed by atoms with Gasteiger partial charge in [0.15, 0.2) is 5.78 Å². The van der Waals surface area contributed by atoms with Crippen LogP contribution < -0.4 is 10.1 Å². The molecule has 1 aromatic heterocycles. The highest BCUT2D eigenvalue weighted by Gasteiger charge is 2.14. The van der Waals surface area contributed by atoms with Crippen LogP contribution in [0.25, 0.3) is 0 Å². The third-order valence-corrected chi connectivity index (χ3v) is 3.67. The zero-order valence-corrected chi connectivity index (χ0v) is 13.6. The number of benzene rings is 2. The summed E-state index contributed by atoms with van der Waals surface area (Å²) in [5, 5.41) is 2.77. The van der Waals surface area contributed by atoms with Crippen LogP contribution in [0.5, 0.6) is 5.75 Å². The molecule has 0 atom stereocenters. The average molecular weight is 332 g/mol. The van der Waals surface area contributed by atoms with Gasteiger partial charge in [-0.1, -0.05) is 30.3 Å². The molecule has 25 heavy (non-hydrogen) atoms. The van der Waals surface area contributed by atoms with Crippen molar-refractivity contribution in [2.45, 2.75) is 0 Å².